The molecule has 3 N–H and O–H groups in total. The molecular weight excluding hydrogens is 362 g/mol. The Morgan fingerprint density at radius 3 is 2.80 bits per heavy atom. The Balaban J connectivity index is 1.86. The molecule has 9 heteroatoms. The zero-order valence-corrected chi connectivity index (χ0v) is 15.9. The average Bonchev–Trinajstić information content (AvgIpc) is 2.95. The van der Waals surface area contributed by atoms with E-state index in [-0.39, 0.29) is 23.8 Å². The molecule has 3 amide bonds. The van der Waals surface area contributed by atoms with Gasteiger partial charge in [-0.3, -0.25) is 19.7 Å². The second-order valence-electron chi connectivity index (χ2n) is 6.65. The number of ether oxygens (including phenoxy) is 1. The molecule has 1 aliphatic rings. The maximum absolute atomic E-state index is 12.2. The minimum absolute atomic E-state index is 0.224. The number of imide groups is 1. The third-order valence-corrected chi connectivity index (χ3v) is 4.46. The summed E-state index contributed by atoms with van der Waals surface area (Å²) in [5, 5.41) is 9.99. The molecule has 1 saturated heterocycles. The van der Waals surface area contributed by atoms with Crippen molar-refractivity contribution in [1.29, 1.82) is 0 Å². The summed E-state index contributed by atoms with van der Waals surface area (Å²) in [7, 11) is 0. The number of carbonyl (C=O) groups is 3. The number of hydrogen-bond donors (Lipinski definition) is 3. The molecule has 2 heterocycles. The fraction of sp³-hybridized carbons (Fsp3) is 0.500. The summed E-state index contributed by atoms with van der Waals surface area (Å²) >= 11 is 6.39. The minimum Gasteiger partial charge on any atom is -0.465 e. The molecule has 0 aliphatic carbocycles. The largest absolute Gasteiger partial charge is 0.465 e. The first-order chi connectivity index (χ1) is 11.6. The highest BCUT2D eigenvalue weighted by Gasteiger charge is 2.28. The van der Waals surface area contributed by atoms with Crippen molar-refractivity contribution in [3.05, 3.63) is 21.9 Å². The van der Waals surface area contributed by atoms with E-state index in [0.717, 1.165) is 5.56 Å². The van der Waals surface area contributed by atoms with E-state index < -0.39 is 11.9 Å². The predicted molar refractivity (Wildman–Crippen MR) is 98.2 cm³/mol. The van der Waals surface area contributed by atoms with Crippen LogP contribution < -0.4 is 16.0 Å². The van der Waals surface area contributed by atoms with Gasteiger partial charge >= 0.3 is 0 Å². The van der Waals surface area contributed by atoms with Crippen molar-refractivity contribution in [3.8, 4) is 0 Å². The van der Waals surface area contributed by atoms with Gasteiger partial charge in [-0.05, 0) is 56.4 Å². The number of nitrogens with one attached hydrogen (secondary N) is 3. The normalized spacial score (nSPS) is 17.6. The SMILES string of the molecule is CC(C)(C)OC(=S)NCc1csc(C(=O)NC2CCC(=O)NC2=O)c1. The predicted octanol–water partition coefficient (Wildman–Crippen LogP) is 1.47. The quantitative estimate of drug-likeness (QED) is 0.538. The number of carbonyl (C=O) groups excluding carboxylic acids is 3. The maximum atomic E-state index is 12.2. The molecule has 1 aromatic heterocycles. The number of amides is 3. The Kier molecular flexibility index (Phi) is 6.12. The minimum atomic E-state index is -0.679. The van der Waals surface area contributed by atoms with E-state index in [1.807, 2.05) is 26.2 Å². The molecular formula is C16H21N3O4S2. The highest BCUT2D eigenvalue weighted by Crippen LogP contribution is 2.16. The first-order valence-corrected chi connectivity index (χ1v) is 9.11. The van der Waals surface area contributed by atoms with Crippen LogP contribution in [0.25, 0.3) is 0 Å². The Labute approximate surface area is 155 Å². The summed E-state index contributed by atoms with van der Waals surface area (Å²) in [4.78, 5) is 35.5. The second-order valence-corrected chi connectivity index (χ2v) is 7.93. The van der Waals surface area contributed by atoms with Crippen molar-refractivity contribution in [3.63, 3.8) is 0 Å². The van der Waals surface area contributed by atoms with Gasteiger partial charge in [0.2, 0.25) is 11.8 Å². The van der Waals surface area contributed by atoms with Crippen molar-refractivity contribution in [2.75, 3.05) is 0 Å². The molecule has 7 nitrogen and oxygen atoms in total. The Hall–Kier alpha value is -2.00. The van der Waals surface area contributed by atoms with Crippen LogP contribution in [-0.2, 0) is 20.9 Å². The molecule has 1 aromatic rings. The van der Waals surface area contributed by atoms with E-state index in [1.165, 1.54) is 11.3 Å². The number of piperidine rings is 1. The molecule has 1 atom stereocenters. The molecule has 1 fully saturated rings. The first kappa shape index (κ1) is 19.3. The lowest BCUT2D eigenvalue weighted by molar-refractivity contribution is -0.134. The monoisotopic (exact) mass is 383 g/mol. The Morgan fingerprint density at radius 2 is 2.16 bits per heavy atom. The molecule has 0 aromatic carbocycles. The van der Waals surface area contributed by atoms with Gasteiger partial charge in [-0.15, -0.1) is 11.3 Å². The summed E-state index contributed by atoms with van der Waals surface area (Å²) < 4.78 is 5.51. The zero-order valence-electron chi connectivity index (χ0n) is 14.3. The fourth-order valence-electron chi connectivity index (χ4n) is 2.14. The van der Waals surface area contributed by atoms with Crippen LogP contribution in [0.15, 0.2) is 11.4 Å². The van der Waals surface area contributed by atoms with Gasteiger partial charge in [-0.25, -0.2) is 0 Å². The van der Waals surface area contributed by atoms with E-state index in [0.29, 0.717) is 23.0 Å². The summed E-state index contributed by atoms with van der Waals surface area (Å²) in [6.07, 6.45) is 0.538. The maximum Gasteiger partial charge on any atom is 0.262 e. The van der Waals surface area contributed by atoms with Gasteiger partial charge in [0, 0.05) is 13.0 Å². The number of thiophene rings is 1. The van der Waals surface area contributed by atoms with Crippen LogP contribution in [0.2, 0.25) is 0 Å². The van der Waals surface area contributed by atoms with Crippen molar-refractivity contribution in [1.82, 2.24) is 16.0 Å². The van der Waals surface area contributed by atoms with Crippen LogP contribution >= 0.6 is 23.6 Å². The lowest BCUT2D eigenvalue weighted by atomic mass is 10.1. The van der Waals surface area contributed by atoms with Gasteiger partial charge in [-0.1, -0.05) is 0 Å². The van der Waals surface area contributed by atoms with Gasteiger partial charge in [0.15, 0.2) is 0 Å². The third-order valence-electron chi connectivity index (χ3n) is 3.26. The van der Waals surface area contributed by atoms with Gasteiger partial charge in [0.05, 0.1) is 4.88 Å². The van der Waals surface area contributed by atoms with E-state index in [2.05, 4.69) is 16.0 Å². The van der Waals surface area contributed by atoms with Crippen LogP contribution in [0.1, 0.15) is 48.8 Å². The molecule has 25 heavy (non-hydrogen) atoms. The highest BCUT2D eigenvalue weighted by molar-refractivity contribution is 7.80. The summed E-state index contributed by atoms with van der Waals surface area (Å²) in [5.41, 5.74) is 0.518. The van der Waals surface area contributed by atoms with Crippen LogP contribution in [0.4, 0.5) is 0 Å². The molecule has 0 saturated carbocycles. The zero-order chi connectivity index (χ0) is 18.6. The van der Waals surface area contributed by atoms with Crippen LogP contribution in [0, 0.1) is 0 Å². The van der Waals surface area contributed by atoms with E-state index in [1.54, 1.807) is 6.07 Å². The van der Waals surface area contributed by atoms with Crippen LogP contribution in [-0.4, -0.2) is 34.5 Å². The topological polar surface area (TPSA) is 96.5 Å². The van der Waals surface area contributed by atoms with Crippen LogP contribution in [0.3, 0.4) is 0 Å². The van der Waals surface area contributed by atoms with E-state index in [4.69, 9.17) is 17.0 Å². The third kappa shape index (κ3) is 6.09. The number of thiocarbonyl (C=S) groups is 1. The van der Waals surface area contributed by atoms with Crippen molar-refractivity contribution >= 4 is 46.5 Å². The molecule has 1 aliphatic heterocycles. The molecule has 0 bridgehead atoms. The summed E-state index contributed by atoms with van der Waals surface area (Å²) in [6, 6.07) is 1.06. The molecule has 0 radical (unpaired) electrons. The van der Waals surface area contributed by atoms with E-state index in [9.17, 15) is 14.4 Å². The molecule has 1 unspecified atom stereocenters. The summed E-state index contributed by atoms with van der Waals surface area (Å²) in [6.45, 7) is 6.16. The van der Waals surface area contributed by atoms with Crippen molar-refractivity contribution in [2.24, 2.45) is 0 Å². The number of hydrogen-bond acceptors (Lipinski definition) is 6. The smallest absolute Gasteiger partial charge is 0.262 e. The first-order valence-electron chi connectivity index (χ1n) is 7.83. The van der Waals surface area contributed by atoms with Gasteiger partial charge in [0.25, 0.3) is 11.1 Å². The number of rotatable bonds is 4. The lowest BCUT2D eigenvalue weighted by Crippen LogP contribution is -2.52. The molecule has 2 rings (SSSR count). The van der Waals surface area contributed by atoms with Crippen molar-refractivity contribution < 1.29 is 19.1 Å². The lowest BCUT2D eigenvalue weighted by Gasteiger charge is -2.21. The fourth-order valence-corrected chi connectivity index (χ4v) is 3.27. The van der Waals surface area contributed by atoms with Gasteiger partial charge < -0.3 is 15.4 Å². The molecule has 0 spiro atoms. The van der Waals surface area contributed by atoms with Crippen molar-refractivity contribution in [2.45, 2.75) is 51.8 Å². The highest BCUT2D eigenvalue weighted by atomic mass is 32.1. The standard InChI is InChI=1S/C16H21N3O4S2/c1-16(2,3)23-15(24)17-7-9-6-11(25-8-9)14(22)18-10-4-5-12(20)19-13(10)21/h6,8,10H,4-5,7H2,1-3H3,(H,17,24)(H,18,22)(H,19,20,21). The Morgan fingerprint density at radius 1 is 1.44 bits per heavy atom. The Bertz CT molecular complexity index is 694. The van der Waals surface area contributed by atoms with E-state index >= 15 is 0 Å². The molecule has 136 valence electrons. The average molecular weight is 383 g/mol. The summed E-state index contributed by atoms with van der Waals surface area (Å²) in [5.74, 6) is -1.11. The van der Waals surface area contributed by atoms with Gasteiger partial charge in [-0.2, -0.15) is 0 Å². The second kappa shape index (κ2) is 7.92. The van der Waals surface area contributed by atoms with Gasteiger partial charge in [0.1, 0.15) is 11.6 Å². The van der Waals surface area contributed by atoms with Crippen LogP contribution in [0.5, 0.6) is 0 Å².